The summed E-state index contributed by atoms with van der Waals surface area (Å²) in [6.45, 7) is 4.73. The largest absolute Gasteiger partial charge is 0.497 e. The van der Waals surface area contributed by atoms with Gasteiger partial charge in [-0.2, -0.15) is 0 Å². The summed E-state index contributed by atoms with van der Waals surface area (Å²) in [5.74, 6) is 1.14. The second kappa shape index (κ2) is 13.6. The van der Waals surface area contributed by atoms with Crippen molar-refractivity contribution in [1.29, 1.82) is 0 Å². The molecule has 5 nitrogen and oxygen atoms in total. The first-order valence-electron chi connectivity index (χ1n) is 10.6. The van der Waals surface area contributed by atoms with Crippen LogP contribution in [0.5, 0.6) is 5.75 Å². The van der Waals surface area contributed by atoms with Gasteiger partial charge in [0.25, 0.3) is 0 Å². The van der Waals surface area contributed by atoms with Crippen LogP contribution in [0.1, 0.15) is 37.8 Å². The Labute approximate surface area is 204 Å². The number of ether oxygens (including phenoxy) is 1. The maximum absolute atomic E-state index is 13.2. The van der Waals surface area contributed by atoms with E-state index in [0.717, 1.165) is 24.0 Å². The smallest absolute Gasteiger partial charge is 0.242 e. The zero-order valence-corrected chi connectivity index (χ0v) is 21.0. The monoisotopic (exact) mass is 496 g/mol. The van der Waals surface area contributed by atoms with Crippen LogP contribution in [0.2, 0.25) is 10.0 Å². The Kier molecular flexibility index (Phi) is 11.2. The number of rotatable bonds is 12. The first-order valence-corrected chi connectivity index (χ1v) is 12.5. The quantitative estimate of drug-likeness (QED) is 0.390. The number of nitrogens with zero attached hydrogens (tertiary/aromatic N) is 1. The maximum atomic E-state index is 13.2. The summed E-state index contributed by atoms with van der Waals surface area (Å²) in [5, 5.41) is 4.08. The average molecular weight is 497 g/mol. The molecule has 0 spiro atoms. The molecule has 2 rings (SSSR count). The van der Waals surface area contributed by atoms with Crippen molar-refractivity contribution < 1.29 is 14.3 Å². The van der Waals surface area contributed by atoms with E-state index >= 15 is 0 Å². The minimum atomic E-state index is -0.602. The SMILES string of the molecule is CCCCNC(=O)[C@@H](C)N(Cc1cccc(OC)c1)C(=O)CSCc1c(Cl)cccc1Cl. The van der Waals surface area contributed by atoms with Crippen LogP contribution >= 0.6 is 35.0 Å². The summed E-state index contributed by atoms with van der Waals surface area (Å²) in [6, 6.07) is 12.3. The van der Waals surface area contributed by atoms with Crippen LogP contribution in [0, 0.1) is 0 Å². The van der Waals surface area contributed by atoms with Crippen molar-refractivity contribution in [2.75, 3.05) is 19.4 Å². The molecule has 0 aliphatic heterocycles. The fourth-order valence-electron chi connectivity index (χ4n) is 3.08. The van der Waals surface area contributed by atoms with E-state index in [1.807, 2.05) is 24.3 Å². The van der Waals surface area contributed by atoms with E-state index in [9.17, 15) is 9.59 Å². The van der Waals surface area contributed by atoms with Crippen LogP contribution < -0.4 is 10.1 Å². The molecule has 1 N–H and O–H groups in total. The van der Waals surface area contributed by atoms with Gasteiger partial charge in [-0.15, -0.1) is 11.8 Å². The minimum absolute atomic E-state index is 0.126. The fraction of sp³-hybridized carbons (Fsp3) is 0.417. The summed E-state index contributed by atoms with van der Waals surface area (Å²) < 4.78 is 5.29. The number of nitrogens with one attached hydrogen (secondary N) is 1. The molecule has 0 unspecified atom stereocenters. The van der Waals surface area contributed by atoms with Gasteiger partial charge in [-0.3, -0.25) is 9.59 Å². The van der Waals surface area contributed by atoms with Crippen LogP contribution in [0.25, 0.3) is 0 Å². The van der Waals surface area contributed by atoms with E-state index in [2.05, 4.69) is 12.2 Å². The van der Waals surface area contributed by atoms with Gasteiger partial charge in [0, 0.05) is 28.9 Å². The number of hydrogen-bond donors (Lipinski definition) is 1. The van der Waals surface area contributed by atoms with E-state index in [4.69, 9.17) is 27.9 Å². The van der Waals surface area contributed by atoms with E-state index < -0.39 is 6.04 Å². The lowest BCUT2D eigenvalue weighted by molar-refractivity contribution is -0.138. The zero-order chi connectivity index (χ0) is 23.5. The van der Waals surface area contributed by atoms with Gasteiger partial charge in [0.05, 0.1) is 12.9 Å². The van der Waals surface area contributed by atoms with Crippen LogP contribution in [-0.2, 0) is 21.9 Å². The molecule has 0 radical (unpaired) electrons. The average Bonchev–Trinajstić information content (AvgIpc) is 2.79. The highest BCUT2D eigenvalue weighted by molar-refractivity contribution is 7.99. The minimum Gasteiger partial charge on any atom is -0.497 e. The lowest BCUT2D eigenvalue weighted by Crippen LogP contribution is -2.48. The van der Waals surface area contributed by atoms with Crippen molar-refractivity contribution in [2.24, 2.45) is 0 Å². The van der Waals surface area contributed by atoms with Crippen molar-refractivity contribution in [2.45, 2.75) is 45.0 Å². The molecule has 2 aromatic carbocycles. The fourth-order valence-corrected chi connectivity index (χ4v) is 4.73. The van der Waals surface area contributed by atoms with Gasteiger partial charge in [0.2, 0.25) is 11.8 Å². The third-order valence-corrected chi connectivity index (χ3v) is 6.67. The number of unbranched alkanes of at least 4 members (excludes halogenated alkanes) is 1. The third kappa shape index (κ3) is 7.91. The zero-order valence-electron chi connectivity index (χ0n) is 18.7. The normalized spacial score (nSPS) is 11.7. The van der Waals surface area contributed by atoms with Crippen molar-refractivity contribution in [1.82, 2.24) is 10.2 Å². The summed E-state index contributed by atoms with van der Waals surface area (Å²) in [7, 11) is 1.60. The van der Waals surface area contributed by atoms with Gasteiger partial charge >= 0.3 is 0 Å². The van der Waals surface area contributed by atoms with Gasteiger partial charge in [-0.25, -0.2) is 0 Å². The summed E-state index contributed by atoms with van der Waals surface area (Å²) in [4.78, 5) is 27.5. The standard InChI is InChI=1S/C24H30Cl2N2O3S/c1-4-5-12-27-24(30)17(2)28(14-18-8-6-9-19(13-18)31-3)23(29)16-32-15-20-21(25)10-7-11-22(20)26/h6-11,13,17H,4-5,12,14-16H2,1-3H3,(H,27,30)/t17-/m1/s1. The van der Waals surface area contributed by atoms with Crippen LogP contribution in [0.15, 0.2) is 42.5 Å². The number of methoxy groups -OCH3 is 1. The molecule has 0 fully saturated rings. The Balaban J connectivity index is 2.10. The number of carbonyl (C=O) groups is 2. The van der Waals surface area contributed by atoms with Gasteiger partial charge in [-0.05, 0) is 48.7 Å². The number of amides is 2. The van der Waals surface area contributed by atoms with Crippen molar-refractivity contribution in [3.8, 4) is 5.75 Å². The second-order valence-corrected chi connectivity index (χ2v) is 9.19. The Hall–Kier alpha value is -1.89. The Morgan fingerprint density at radius 3 is 2.50 bits per heavy atom. The molecule has 8 heteroatoms. The Morgan fingerprint density at radius 1 is 1.16 bits per heavy atom. The number of hydrogen-bond acceptors (Lipinski definition) is 4. The Morgan fingerprint density at radius 2 is 1.84 bits per heavy atom. The molecule has 2 amide bonds. The molecule has 0 bridgehead atoms. The first-order chi connectivity index (χ1) is 15.4. The summed E-state index contributed by atoms with van der Waals surface area (Å²) in [6.07, 6.45) is 1.89. The lowest BCUT2D eigenvalue weighted by atomic mass is 10.1. The van der Waals surface area contributed by atoms with Gasteiger partial charge in [0.1, 0.15) is 11.8 Å². The summed E-state index contributed by atoms with van der Waals surface area (Å²) >= 11 is 13.9. The molecule has 174 valence electrons. The molecule has 0 aliphatic rings. The van der Waals surface area contributed by atoms with E-state index in [1.165, 1.54) is 11.8 Å². The highest BCUT2D eigenvalue weighted by Crippen LogP contribution is 2.28. The summed E-state index contributed by atoms with van der Waals surface area (Å²) in [5.41, 5.74) is 1.70. The molecule has 1 atom stereocenters. The van der Waals surface area contributed by atoms with Crippen molar-refractivity contribution in [3.05, 3.63) is 63.6 Å². The maximum Gasteiger partial charge on any atom is 0.242 e. The number of carbonyl (C=O) groups excluding carboxylic acids is 2. The molecule has 0 saturated carbocycles. The van der Waals surface area contributed by atoms with Crippen LogP contribution in [-0.4, -0.2) is 42.2 Å². The van der Waals surface area contributed by atoms with E-state index in [0.29, 0.717) is 34.6 Å². The third-order valence-electron chi connectivity index (χ3n) is 5.02. The number of benzene rings is 2. The molecule has 2 aromatic rings. The van der Waals surface area contributed by atoms with Crippen LogP contribution in [0.3, 0.4) is 0 Å². The molecular weight excluding hydrogens is 467 g/mol. The van der Waals surface area contributed by atoms with Crippen molar-refractivity contribution in [3.63, 3.8) is 0 Å². The topological polar surface area (TPSA) is 58.6 Å². The predicted octanol–water partition coefficient (Wildman–Crippen LogP) is 5.57. The molecule has 0 heterocycles. The van der Waals surface area contributed by atoms with Gasteiger partial charge in [0.15, 0.2) is 0 Å². The van der Waals surface area contributed by atoms with Gasteiger partial charge < -0.3 is 15.0 Å². The first kappa shape index (κ1) is 26.4. The second-order valence-electron chi connectivity index (χ2n) is 7.39. The van der Waals surface area contributed by atoms with Gasteiger partial charge in [-0.1, -0.05) is 54.7 Å². The predicted molar refractivity (Wildman–Crippen MR) is 134 cm³/mol. The highest BCUT2D eigenvalue weighted by Gasteiger charge is 2.26. The molecule has 0 saturated heterocycles. The molecule has 0 aliphatic carbocycles. The van der Waals surface area contributed by atoms with E-state index in [-0.39, 0.29) is 17.6 Å². The number of halogens is 2. The molecule has 0 aromatic heterocycles. The number of thioether (sulfide) groups is 1. The van der Waals surface area contributed by atoms with E-state index in [1.54, 1.807) is 37.1 Å². The highest BCUT2D eigenvalue weighted by atomic mass is 35.5. The van der Waals surface area contributed by atoms with Crippen molar-refractivity contribution >= 4 is 46.8 Å². The Bertz CT molecular complexity index is 890. The molecular formula is C24H30Cl2N2O3S. The van der Waals surface area contributed by atoms with Crippen LogP contribution in [0.4, 0.5) is 0 Å². The lowest BCUT2D eigenvalue weighted by Gasteiger charge is -2.29. The molecule has 32 heavy (non-hydrogen) atoms.